The number of ether oxygens (including phenoxy) is 2. The number of aliphatic carboxylic acids is 1. The quantitative estimate of drug-likeness (QED) is 0.827. The predicted molar refractivity (Wildman–Crippen MR) is 100 cm³/mol. The lowest BCUT2D eigenvalue weighted by atomic mass is 9.73. The minimum atomic E-state index is -1.03. The fourth-order valence-electron chi connectivity index (χ4n) is 4.11. The zero-order valence-electron chi connectivity index (χ0n) is 16.0. The first-order chi connectivity index (χ1) is 13.0. The van der Waals surface area contributed by atoms with Crippen molar-refractivity contribution >= 4 is 17.6 Å². The molecule has 1 saturated carbocycles. The third-order valence-electron chi connectivity index (χ3n) is 5.52. The summed E-state index contributed by atoms with van der Waals surface area (Å²) in [6.07, 6.45) is 3.96. The van der Waals surface area contributed by atoms with Crippen molar-refractivity contribution in [3.63, 3.8) is 0 Å². The first kappa shape index (κ1) is 19.2. The van der Waals surface area contributed by atoms with Crippen LogP contribution < -0.4 is 9.47 Å². The van der Waals surface area contributed by atoms with Crippen LogP contribution in [0.4, 0.5) is 0 Å². The van der Waals surface area contributed by atoms with Gasteiger partial charge in [0.15, 0.2) is 17.5 Å². The van der Waals surface area contributed by atoms with Crippen LogP contribution >= 0.6 is 0 Å². The molecule has 1 aliphatic heterocycles. The molecule has 1 unspecified atom stereocenters. The molecule has 1 N–H and O–H groups in total. The molecule has 0 spiro atoms. The summed E-state index contributed by atoms with van der Waals surface area (Å²) in [6, 6.07) is 4.60. The largest absolute Gasteiger partial charge is 0.493 e. The normalized spacial score (nSPS) is 23.3. The van der Waals surface area contributed by atoms with E-state index in [1.165, 1.54) is 5.01 Å². The number of hydrogen-bond donors (Lipinski definition) is 1. The summed E-state index contributed by atoms with van der Waals surface area (Å²) in [7, 11) is 3.15. The van der Waals surface area contributed by atoms with Crippen molar-refractivity contribution < 1.29 is 24.2 Å². The predicted octanol–water partition coefficient (Wildman–Crippen LogP) is 2.92. The lowest BCUT2D eigenvalue weighted by Crippen LogP contribution is -2.51. The number of amides is 1. The molecule has 2 aliphatic rings. The Morgan fingerprint density at radius 3 is 2.48 bits per heavy atom. The number of carbonyl (C=O) groups excluding carboxylic acids is 1. The Kier molecular flexibility index (Phi) is 5.68. The van der Waals surface area contributed by atoms with Crippen molar-refractivity contribution in [2.45, 2.75) is 45.1 Å². The van der Waals surface area contributed by atoms with E-state index in [1.807, 2.05) is 18.2 Å². The monoisotopic (exact) mass is 374 g/mol. The maximum Gasteiger partial charge on any atom is 0.328 e. The van der Waals surface area contributed by atoms with E-state index in [0.29, 0.717) is 17.9 Å². The number of methoxy groups -OCH3 is 2. The van der Waals surface area contributed by atoms with E-state index in [4.69, 9.17) is 9.47 Å². The Morgan fingerprint density at radius 2 is 1.89 bits per heavy atom. The fourth-order valence-corrected chi connectivity index (χ4v) is 4.11. The number of carboxylic acids is 1. The van der Waals surface area contributed by atoms with Gasteiger partial charge >= 0.3 is 5.97 Å². The molecule has 1 aliphatic carbocycles. The number of nitrogens with zero attached hydrogens (tertiary/aromatic N) is 2. The number of benzene rings is 1. The van der Waals surface area contributed by atoms with Gasteiger partial charge in [-0.2, -0.15) is 5.10 Å². The standard InChI is InChI=1S/C20H26N2O5/c1-4-15(20(24)25)22-19(23)14-8-6-5-7-13(14)18(21-22)12-9-10-16(26-2)17(11-12)27-3/h9-11,13-15H,4-8H2,1-3H3,(H,24,25)/t13-,14+,15?/m1/s1. The molecule has 1 fully saturated rings. The van der Waals surface area contributed by atoms with Crippen LogP contribution in [-0.4, -0.2) is 48.0 Å². The summed E-state index contributed by atoms with van der Waals surface area (Å²) in [5.74, 6) is -0.213. The maximum absolute atomic E-state index is 13.0. The lowest BCUT2D eigenvalue weighted by Gasteiger charge is -2.40. The molecular formula is C20H26N2O5. The van der Waals surface area contributed by atoms with Crippen LogP contribution in [-0.2, 0) is 9.59 Å². The van der Waals surface area contributed by atoms with Crippen LogP contribution in [0, 0.1) is 11.8 Å². The van der Waals surface area contributed by atoms with E-state index in [9.17, 15) is 14.7 Å². The number of rotatable bonds is 6. The van der Waals surface area contributed by atoms with E-state index in [1.54, 1.807) is 21.1 Å². The lowest BCUT2D eigenvalue weighted by molar-refractivity contribution is -0.154. The van der Waals surface area contributed by atoms with Crippen LogP contribution in [0.3, 0.4) is 0 Å². The van der Waals surface area contributed by atoms with Gasteiger partial charge in [-0.05, 0) is 37.5 Å². The summed E-state index contributed by atoms with van der Waals surface area (Å²) < 4.78 is 10.7. The molecule has 27 heavy (non-hydrogen) atoms. The van der Waals surface area contributed by atoms with E-state index in [0.717, 1.165) is 37.0 Å². The van der Waals surface area contributed by atoms with Gasteiger partial charge in [0.1, 0.15) is 0 Å². The number of fused-ring (bicyclic) bond motifs is 1. The van der Waals surface area contributed by atoms with E-state index in [2.05, 4.69) is 5.10 Å². The number of hydrazone groups is 1. The molecular weight excluding hydrogens is 348 g/mol. The first-order valence-corrected chi connectivity index (χ1v) is 9.38. The van der Waals surface area contributed by atoms with Gasteiger partial charge in [-0.15, -0.1) is 0 Å². The first-order valence-electron chi connectivity index (χ1n) is 9.38. The molecule has 7 nitrogen and oxygen atoms in total. The van der Waals surface area contributed by atoms with Crippen molar-refractivity contribution in [1.29, 1.82) is 0 Å². The van der Waals surface area contributed by atoms with E-state index >= 15 is 0 Å². The molecule has 1 aromatic rings. The van der Waals surface area contributed by atoms with Crippen LogP contribution in [0.15, 0.2) is 23.3 Å². The summed E-state index contributed by atoms with van der Waals surface area (Å²) in [5, 5.41) is 15.3. The van der Waals surface area contributed by atoms with E-state index < -0.39 is 12.0 Å². The van der Waals surface area contributed by atoms with Crippen molar-refractivity contribution in [2.75, 3.05) is 14.2 Å². The van der Waals surface area contributed by atoms with Crippen molar-refractivity contribution in [2.24, 2.45) is 16.9 Å². The highest BCUT2D eigenvalue weighted by Crippen LogP contribution is 2.39. The molecule has 1 heterocycles. The Balaban J connectivity index is 2.09. The van der Waals surface area contributed by atoms with Crippen molar-refractivity contribution in [3.8, 4) is 11.5 Å². The van der Waals surface area contributed by atoms with Gasteiger partial charge in [-0.3, -0.25) is 4.79 Å². The second-order valence-electron chi connectivity index (χ2n) is 7.00. The van der Waals surface area contributed by atoms with Gasteiger partial charge in [-0.25, -0.2) is 9.80 Å². The van der Waals surface area contributed by atoms with Crippen LogP contribution in [0.25, 0.3) is 0 Å². The highest BCUT2D eigenvalue weighted by Gasteiger charge is 2.44. The van der Waals surface area contributed by atoms with Gasteiger partial charge < -0.3 is 14.6 Å². The van der Waals surface area contributed by atoms with Crippen LogP contribution in [0.2, 0.25) is 0 Å². The molecule has 146 valence electrons. The second kappa shape index (κ2) is 7.98. The Hall–Kier alpha value is -2.57. The number of carboxylic acid groups (broad SMARTS) is 1. The van der Waals surface area contributed by atoms with Crippen LogP contribution in [0.1, 0.15) is 44.6 Å². The summed E-state index contributed by atoms with van der Waals surface area (Å²) in [5.41, 5.74) is 1.60. The SMILES string of the molecule is CCC(C(=O)O)N1N=C(c2ccc(OC)c(OC)c2)[C@@H]2CCCC[C@@H]2C1=O. The second-order valence-corrected chi connectivity index (χ2v) is 7.00. The van der Waals surface area contributed by atoms with Gasteiger partial charge in [0.05, 0.1) is 19.9 Å². The molecule has 0 aromatic heterocycles. The minimum Gasteiger partial charge on any atom is -0.493 e. The molecule has 0 saturated heterocycles. The fraction of sp³-hybridized carbons (Fsp3) is 0.550. The van der Waals surface area contributed by atoms with E-state index in [-0.39, 0.29) is 17.7 Å². The Bertz CT molecular complexity index is 761. The Morgan fingerprint density at radius 1 is 1.22 bits per heavy atom. The van der Waals surface area contributed by atoms with Gasteiger partial charge in [-0.1, -0.05) is 19.8 Å². The average molecular weight is 374 g/mol. The number of hydrogen-bond acceptors (Lipinski definition) is 5. The zero-order chi connectivity index (χ0) is 19.6. The van der Waals surface area contributed by atoms with Crippen molar-refractivity contribution in [1.82, 2.24) is 5.01 Å². The molecule has 1 amide bonds. The maximum atomic E-state index is 13.0. The highest BCUT2D eigenvalue weighted by molar-refractivity contribution is 6.07. The Labute approximate surface area is 158 Å². The minimum absolute atomic E-state index is 0.00639. The van der Waals surface area contributed by atoms with Gasteiger partial charge in [0.2, 0.25) is 5.91 Å². The molecule has 0 radical (unpaired) electrons. The average Bonchev–Trinajstić information content (AvgIpc) is 2.69. The highest BCUT2D eigenvalue weighted by atomic mass is 16.5. The van der Waals surface area contributed by atoms with Gasteiger partial charge in [0.25, 0.3) is 0 Å². The third-order valence-corrected chi connectivity index (χ3v) is 5.52. The molecule has 7 heteroatoms. The van der Waals surface area contributed by atoms with Crippen LogP contribution in [0.5, 0.6) is 11.5 Å². The summed E-state index contributed by atoms with van der Waals surface area (Å²) in [6.45, 7) is 1.75. The summed E-state index contributed by atoms with van der Waals surface area (Å²) >= 11 is 0. The third kappa shape index (κ3) is 3.50. The smallest absolute Gasteiger partial charge is 0.328 e. The summed E-state index contributed by atoms with van der Waals surface area (Å²) in [4.78, 5) is 24.6. The molecule has 3 rings (SSSR count). The van der Waals surface area contributed by atoms with Crippen molar-refractivity contribution in [3.05, 3.63) is 23.8 Å². The van der Waals surface area contributed by atoms with Gasteiger partial charge in [0, 0.05) is 17.4 Å². The zero-order valence-corrected chi connectivity index (χ0v) is 16.0. The molecule has 1 aromatic carbocycles. The molecule has 3 atom stereocenters. The topological polar surface area (TPSA) is 88.4 Å². The molecule has 0 bridgehead atoms. The number of carbonyl (C=O) groups is 2.